The first-order valence-corrected chi connectivity index (χ1v) is 10.6. The second-order valence-corrected chi connectivity index (χ2v) is 7.90. The van der Waals surface area contributed by atoms with Gasteiger partial charge >= 0.3 is 0 Å². The van der Waals surface area contributed by atoms with Crippen LogP contribution in [0.3, 0.4) is 0 Å². The lowest BCUT2D eigenvalue weighted by Gasteiger charge is -2.30. The second-order valence-electron chi connectivity index (χ2n) is 7.90. The van der Waals surface area contributed by atoms with Gasteiger partial charge in [0.25, 0.3) is 5.56 Å². The van der Waals surface area contributed by atoms with Crippen LogP contribution in [0.4, 0.5) is 5.82 Å². The van der Waals surface area contributed by atoms with Crippen LogP contribution in [0.25, 0.3) is 33.7 Å². The third kappa shape index (κ3) is 3.50. The summed E-state index contributed by atoms with van der Waals surface area (Å²) in [6, 6.07) is 13.3. The molecule has 0 spiro atoms. The highest BCUT2D eigenvalue weighted by Crippen LogP contribution is 2.31. The number of pyridine rings is 1. The first-order chi connectivity index (χ1) is 15.5. The fourth-order valence-electron chi connectivity index (χ4n) is 4.12. The van der Waals surface area contributed by atoms with Crippen molar-refractivity contribution in [2.75, 3.05) is 25.1 Å². The van der Waals surface area contributed by atoms with Gasteiger partial charge in [-0.05, 0) is 25.0 Å². The van der Waals surface area contributed by atoms with Gasteiger partial charge in [0.05, 0.1) is 18.8 Å². The summed E-state index contributed by atoms with van der Waals surface area (Å²) in [7, 11) is 3.32. The van der Waals surface area contributed by atoms with E-state index < -0.39 is 0 Å². The number of nitrogens with zero attached hydrogens (tertiary/aromatic N) is 5. The van der Waals surface area contributed by atoms with E-state index in [1.54, 1.807) is 18.8 Å². The molecule has 32 heavy (non-hydrogen) atoms. The van der Waals surface area contributed by atoms with E-state index in [9.17, 15) is 9.90 Å². The number of aliphatic hydroxyl groups excluding tert-OH is 1. The average Bonchev–Trinajstić information content (AvgIpc) is 3.16. The third-order valence-corrected chi connectivity index (χ3v) is 5.82. The Morgan fingerprint density at radius 2 is 1.84 bits per heavy atom. The zero-order valence-electron chi connectivity index (χ0n) is 17.9. The molecule has 4 heterocycles. The lowest BCUT2D eigenvalue weighted by atomic mass is 10.1. The van der Waals surface area contributed by atoms with Gasteiger partial charge in [-0.1, -0.05) is 30.3 Å². The molecule has 9 heteroatoms. The number of aryl methyl sites for hydroxylation is 1. The number of nitrogens with one attached hydrogen (secondary N) is 1. The van der Waals surface area contributed by atoms with Crippen molar-refractivity contribution in [3.05, 3.63) is 52.8 Å². The van der Waals surface area contributed by atoms with Crippen molar-refractivity contribution in [3.63, 3.8) is 0 Å². The number of hydrogen-bond acceptors (Lipinski definition) is 7. The van der Waals surface area contributed by atoms with E-state index in [4.69, 9.17) is 9.72 Å². The Labute approximate surface area is 184 Å². The van der Waals surface area contributed by atoms with Crippen molar-refractivity contribution in [2.24, 2.45) is 7.05 Å². The zero-order chi connectivity index (χ0) is 22.2. The molecule has 9 nitrogen and oxygen atoms in total. The molecule has 0 radical (unpaired) electrons. The number of H-pyrrole nitrogens is 1. The Morgan fingerprint density at radius 3 is 2.56 bits per heavy atom. The molecule has 0 bridgehead atoms. The fourth-order valence-corrected chi connectivity index (χ4v) is 4.12. The Balaban J connectivity index is 1.58. The van der Waals surface area contributed by atoms with Gasteiger partial charge in [-0.25, -0.2) is 9.67 Å². The van der Waals surface area contributed by atoms with Gasteiger partial charge in [-0.3, -0.25) is 4.79 Å². The van der Waals surface area contributed by atoms with Crippen LogP contribution in [0.15, 0.2) is 47.3 Å². The number of rotatable bonds is 4. The first kappa shape index (κ1) is 20.2. The quantitative estimate of drug-likeness (QED) is 0.509. The van der Waals surface area contributed by atoms with Crippen molar-refractivity contribution < 1.29 is 9.84 Å². The minimum absolute atomic E-state index is 0.256. The molecule has 1 aromatic carbocycles. The molecule has 1 fully saturated rings. The van der Waals surface area contributed by atoms with Gasteiger partial charge in [0, 0.05) is 25.7 Å². The largest absolute Gasteiger partial charge is 0.480 e. The molecule has 2 N–H and O–H groups in total. The van der Waals surface area contributed by atoms with Gasteiger partial charge in [0.1, 0.15) is 22.7 Å². The van der Waals surface area contributed by atoms with Gasteiger partial charge < -0.3 is 19.7 Å². The number of fused-ring (bicyclic) bond motifs is 1. The normalized spacial score (nSPS) is 14.8. The standard InChI is InChI=1S/C23H24N6O3/c1-28-21-18(19(27-28)14-6-4-3-5-7-14)22(31)26-20(25-21)16-8-9-17(24-23(16)32-2)29-12-10-15(30)11-13-29/h3-9,15,30H,10-13H2,1-2H3,(H,25,26,31). The van der Waals surface area contributed by atoms with E-state index in [1.807, 2.05) is 42.5 Å². The predicted octanol–water partition coefficient (Wildman–Crippen LogP) is 2.36. The topological polar surface area (TPSA) is 109 Å². The monoisotopic (exact) mass is 432 g/mol. The lowest BCUT2D eigenvalue weighted by Crippen LogP contribution is -2.36. The molecule has 0 unspecified atom stereocenters. The summed E-state index contributed by atoms with van der Waals surface area (Å²) in [5.41, 5.74) is 2.26. The van der Waals surface area contributed by atoms with Crippen LogP contribution < -0.4 is 15.2 Å². The molecular formula is C23H24N6O3. The summed E-state index contributed by atoms with van der Waals surface area (Å²) in [5.74, 6) is 1.52. The Bertz CT molecular complexity index is 1320. The van der Waals surface area contributed by atoms with Crippen molar-refractivity contribution in [1.82, 2.24) is 24.7 Å². The van der Waals surface area contributed by atoms with E-state index in [-0.39, 0.29) is 11.7 Å². The molecule has 1 aliphatic rings. The molecule has 1 aliphatic heterocycles. The summed E-state index contributed by atoms with van der Waals surface area (Å²) in [6.45, 7) is 1.46. The van der Waals surface area contributed by atoms with Crippen LogP contribution in [-0.2, 0) is 7.05 Å². The SMILES string of the molecule is COc1nc(N2CCC(O)CC2)ccc1-c1nc2c(c(-c3ccccc3)nn2C)c(=O)[nH]1. The van der Waals surface area contributed by atoms with Crippen LogP contribution in [-0.4, -0.2) is 56.1 Å². The van der Waals surface area contributed by atoms with Gasteiger partial charge in [0.15, 0.2) is 5.65 Å². The van der Waals surface area contributed by atoms with Crippen molar-refractivity contribution >= 4 is 16.9 Å². The summed E-state index contributed by atoms with van der Waals surface area (Å²) < 4.78 is 7.15. The molecule has 4 aromatic rings. The minimum atomic E-state index is -0.270. The second kappa shape index (κ2) is 8.08. The van der Waals surface area contributed by atoms with Crippen LogP contribution >= 0.6 is 0 Å². The number of benzene rings is 1. The molecule has 0 aliphatic carbocycles. The number of piperidine rings is 1. The van der Waals surface area contributed by atoms with Crippen LogP contribution in [0.1, 0.15) is 12.8 Å². The maximum Gasteiger partial charge on any atom is 0.262 e. The Hall–Kier alpha value is -3.72. The van der Waals surface area contributed by atoms with Crippen LogP contribution in [0.2, 0.25) is 0 Å². The van der Waals surface area contributed by atoms with E-state index in [0.29, 0.717) is 46.8 Å². The van der Waals surface area contributed by atoms with E-state index in [1.165, 1.54) is 0 Å². The maximum atomic E-state index is 13.1. The highest BCUT2D eigenvalue weighted by atomic mass is 16.5. The maximum absolute atomic E-state index is 13.1. The van der Waals surface area contributed by atoms with Gasteiger partial charge in [0.2, 0.25) is 5.88 Å². The number of aromatic amines is 1. The molecule has 3 aromatic heterocycles. The number of methoxy groups -OCH3 is 1. The summed E-state index contributed by atoms with van der Waals surface area (Å²) in [6.07, 6.45) is 1.16. The molecule has 1 saturated heterocycles. The first-order valence-electron chi connectivity index (χ1n) is 10.6. The Morgan fingerprint density at radius 1 is 1.09 bits per heavy atom. The minimum Gasteiger partial charge on any atom is -0.480 e. The molecule has 0 atom stereocenters. The van der Waals surface area contributed by atoms with E-state index in [0.717, 1.165) is 24.5 Å². The number of anilines is 1. The van der Waals surface area contributed by atoms with Crippen LogP contribution in [0.5, 0.6) is 5.88 Å². The van der Waals surface area contributed by atoms with Crippen molar-refractivity contribution in [1.29, 1.82) is 0 Å². The van der Waals surface area contributed by atoms with Gasteiger partial charge in [-0.2, -0.15) is 10.1 Å². The third-order valence-electron chi connectivity index (χ3n) is 5.82. The summed E-state index contributed by atoms with van der Waals surface area (Å²) in [4.78, 5) is 27.4. The molecule has 5 rings (SSSR count). The highest BCUT2D eigenvalue weighted by Gasteiger charge is 2.22. The molecule has 0 amide bonds. The summed E-state index contributed by atoms with van der Waals surface area (Å²) in [5, 5.41) is 14.7. The molecular weight excluding hydrogens is 408 g/mol. The molecule has 164 valence electrons. The summed E-state index contributed by atoms with van der Waals surface area (Å²) >= 11 is 0. The number of hydrogen-bond donors (Lipinski definition) is 2. The Kier molecular flexibility index (Phi) is 5.10. The van der Waals surface area contributed by atoms with Gasteiger partial charge in [-0.15, -0.1) is 0 Å². The van der Waals surface area contributed by atoms with Crippen LogP contribution in [0, 0.1) is 0 Å². The lowest BCUT2D eigenvalue weighted by molar-refractivity contribution is 0.145. The molecule has 0 saturated carbocycles. The van der Waals surface area contributed by atoms with E-state index >= 15 is 0 Å². The number of aromatic nitrogens is 5. The smallest absolute Gasteiger partial charge is 0.262 e. The highest BCUT2D eigenvalue weighted by molar-refractivity contribution is 5.91. The predicted molar refractivity (Wildman–Crippen MR) is 122 cm³/mol. The van der Waals surface area contributed by atoms with Crippen molar-refractivity contribution in [3.8, 4) is 28.5 Å². The van der Waals surface area contributed by atoms with E-state index in [2.05, 4.69) is 20.0 Å². The van der Waals surface area contributed by atoms with Crippen molar-refractivity contribution in [2.45, 2.75) is 18.9 Å². The fraction of sp³-hybridized carbons (Fsp3) is 0.304. The average molecular weight is 432 g/mol. The zero-order valence-corrected chi connectivity index (χ0v) is 17.9. The number of aliphatic hydroxyl groups is 1. The number of ether oxygens (including phenoxy) is 1.